The molecule has 0 fully saturated rings. The summed E-state index contributed by atoms with van der Waals surface area (Å²) in [5, 5.41) is 0. The second kappa shape index (κ2) is 70.9. The van der Waals surface area contributed by atoms with Crippen LogP contribution in [0.2, 0.25) is 0 Å². The molecule has 0 aromatic rings. The lowest BCUT2D eigenvalue weighted by molar-refractivity contribution is -0.167. The van der Waals surface area contributed by atoms with Crippen molar-refractivity contribution in [3.63, 3.8) is 0 Å². The van der Waals surface area contributed by atoms with Crippen LogP contribution in [0.4, 0.5) is 0 Å². The molecule has 0 aromatic heterocycles. The third kappa shape index (κ3) is 69.1. The van der Waals surface area contributed by atoms with E-state index in [2.05, 4.69) is 20.8 Å². The molecule has 0 saturated carbocycles. The highest BCUT2D eigenvalue weighted by atomic mass is 16.6. The predicted molar refractivity (Wildman–Crippen MR) is 354 cm³/mol. The van der Waals surface area contributed by atoms with Gasteiger partial charge in [0, 0.05) is 19.3 Å². The van der Waals surface area contributed by atoms with Crippen molar-refractivity contribution in [2.75, 3.05) is 13.2 Å². The van der Waals surface area contributed by atoms with Gasteiger partial charge in [-0.1, -0.05) is 406 Å². The third-order valence-corrected chi connectivity index (χ3v) is 17.6. The van der Waals surface area contributed by atoms with Crippen LogP contribution in [-0.4, -0.2) is 37.2 Å². The molecule has 0 bridgehead atoms. The van der Waals surface area contributed by atoms with Crippen molar-refractivity contribution in [2.24, 2.45) is 0 Å². The van der Waals surface area contributed by atoms with Gasteiger partial charge in [-0.3, -0.25) is 14.4 Å². The van der Waals surface area contributed by atoms with Gasteiger partial charge in [0.25, 0.3) is 0 Å². The highest BCUT2D eigenvalue weighted by Crippen LogP contribution is 2.20. The molecule has 0 aromatic carbocycles. The summed E-state index contributed by atoms with van der Waals surface area (Å²) in [4.78, 5) is 38.1. The summed E-state index contributed by atoms with van der Waals surface area (Å²) in [6, 6.07) is 0. The lowest BCUT2D eigenvalue weighted by Gasteiger charge is -2.18. The van der Waals surface area contributed by atoms with Crippen LogP contribution in [0.15, 0.2) is 0 Å². The largest absolute Gasteiger partial charge is 0.462 e. The first-order chi connectivity index (χ1) is 40.0. The first-order valence-corrected chi connectivity index (χ1v) is 37.5. The Morgan fingerprint density at radius 3 is 0.494 bits per heavy atom. The van der Waals surface area contributed by atoms with Gasteiger partial charge < -0.3 is 14.2 Å². The molecule has 0 N–H and O–H groups in total. The number of unbranched alkanes of at least 4 members (excludes halogenated alkanes) is 60. The van der Waals surface area contributed by atoms with Crippen molar-refractivity contribution < 1.29 is 28.6 Å². The summed E-state index contributed by atoms with van der Waals surface area (Å²) in [5.74, 6) is -0.836. The molecule has 0 aliphatic rings. The molecular weight excluding hydrogens is 997 g/mol. The maximum Gasteiger partial charge on any atom is 0.306 e. The van der Waals surface area contributed by atoms with Gasteiger partial charge in [0.15, 0.2) is 6.10 Å². The second-order valence-corrected chi connectivity index (χ2v) is 25.9. The number of hydrogen-bond donors (Lipinski definition) is 0. The monoisotopic (exact) mass is 1140 g/mol. The number of carbonyl (C=O) groups excluding carboxylic acids is 3. The Bertz CT molecular complexity index is 1220. The fourth-order valence-electron chi connectivity index (χ4n) is 12.0. The second-order valence-electron chi connectivity index (χ2n) is 25.9. The fourth-order valence-corrected chi connectivity index (χ4v) is 12.0. The molecule has 0 rings (SSSR count). The van der Waals surface area contributed by atoms with E-state index < -0.39 is 6.10 Å². The molecule has 6 heteroatoms. The Hall–Kier alpha value is -1.59. The van der Waals surface area contributed by atoms with Gasteiger partial charge in [0.1, 0.15) is 13.2 Å². The van der Waals surface area contributed by atoms with E-state index in [-0.39, 0.29) is 31.1 Å². The molecule has 0 amide bonds. The Morgan fingerprint density at radius 2 is 0.333 bits per heavy atom. The van der Waals surface area contributed by atoms with Crippen molar-refractivity contribution in [1.29, 1.82) is 0 Å². The summed E-state index contributed by atoms with van der Waals surface area (Å²) in [6.45, 7) is 6.68. The van der Waals surface area contributed by atoms with Crippen LogP contribution in [0.5, 0.6) is 0 Å². The van der Waals surface area contributed by atoms with Gasteiger partial charge in [-0.05, 0) is 19.3 Å². The lowest BCUT2D eigenvalue weighted by atomic mass is 10.0. The van der Waals surface area contributed by atoms with Crippen LogP contribution >= 0.6 is 0 Å². The first-order valence-electron chi connectivity index (χ1n) is 37.5. The number of ether oxygens (including phenoxy) is 3. The van der Waals surface area contributed by atoms with Crippen molar-refractivity contribution in [2.45, 2.75) is 451 Å². The summed E-state index contributed by atoms with van der Waals surface area (Å²) >= 11 is 0. The molecule has 0 heterocycles. The minimum absolute atomic E-state index is 0.0616. The van der Waals surface area contributed by atoms with E-state index in [4.69, 9.17) is 14.2 Å². The fraction of sp³-hybridized carbons (Fsp3) is 0.960. The maximum atomic E-state index is 12.9. The van der Waals surface area contributed by atoms with Crippen LogP contribution < -0.4 is 0 Å². The van der Waals surface area contributed by atoms with Gasteiger partial charge in [-0.15, -0.1) is 0 Å². The molecule has 0 aliphatic carbocycles. The average molecular weight is 1140 g/mol. The smallest absolute Gasteiger partial charge is 0.306 e. The molecule has 0 saturated heterocycles. The zero-order chi connectivity index (χ0) is 58.5. The molecule has 482 valence electrons. The van der Waals surface area contributed by atoms with Crippen LogP contribution in [0.25, 0.3) is 0 Å². The van der Waals surface area contributed by atoms with Crippen LogP contribution in [-0.2, 0) is 28.6 Å². The average Bonchev–Trinajstić information content (AvgIpc) is 3.47. The van der Waals surface area contributed by atoms with Gasteiger partial charge in [-0.25, -0.2) is 0 Å². The minimum atomic E-state index is -0.761. The van der Waals surface area contributed by atoms with E-state index in [0.29, 0.717) is 19.3 Å². The molecule has 1 atom stereocenters. The highest BCUT2D eigenvalue weighted by Gasteiger charge is 2.20. The third-order valence-electron chi connectivity index (χ3n) is 17.6. The Labute approximate surface area is 508 Å². The van der Waals surface area contributed by atoms with Crippen LogP contribution in [0.3, 0.4) is 0 Å². The summed E-state index contributed by atoms with van der Waals surface area (Å²) < 4.78 is 16.9. The Kier molecular flexibility index (Phi) is 69.5. The lowest BCUT2D eigenvalue weighted by Crippen LogP contribution is -2.30. The number of hydrogen-bond acceptors (Lipinski definition) is 6. The van der Waals surface area contributed by atoms with E-state index in [9.17, 15) is 14.4 Å². The molecule has 1 unspecified atom stereocenters. The van der Waals surface area contributed by atoms with Crippen molar-refractivity contribution in [3.8, 4) is 0 Å². The first kappa shape index (κ1) is 79.4. The maximum absolute atomic E-state index is 12.9. The van der Waals surface area contributed by atoms with Crippen molar-refractivity contribution >= 4 is 17.9 Å². The molecule has 0 spiro atoms. The van der Waals surface area contributed by atoms with Gasteiger partial charge in [0.05, 0.1) is 0 Å². The van der Waals surface area contributed by atoms with Crippen molar-refractivity contribution in [3.05, 3.63) is 0 Å². The predicted octanol–water partition coefficient (Wildman–Crippen LogP) is 25.8. The molecule has 6 nitrogen and oxygen atoms in total. The summed E-state index contributed by atoms with van der Waals surface area (Å²) in [5.41, 5.74) is 0. The quantitative estimate of drug-likeness (QED) is 0.0343. The zero-order valence-corrected chi connectivity index (χ0v) is 55.6. The van der Waals surface area contributed by atoms with Crippen LogP contribution in [0, 0.1) is 0 Å². The SMILES string of the molecule is CCCCCCCCCCCCCCCCCCCCCCCCCCCCCCCCCCCCCC(=O)OCC(COC(=O)CCCCCCCC)OC(=O)CCCCCCCCCCCCCCCCCCCCCCCC. The zero-order valence-electron chi connectivity index (χ0n) is 55.6. The summed E-state index contributed by atoms with van der Waals surface area (Å²) in [6.07, 6.45) is 85.0. The normalized spacial score (nSPS) is 11.9. The Balaban J connectivity index is 3.86. The molecule has 81 heavy (non-hydrogen) atoms. The summed E-state index contributed by atoms with van der Waals surface area (Å²) in [7, 11) is 0. The Morgan fingerprint density at radius 1 is 0.198 bits per heavy atom. The highest BCUT2D eigenvalue weighted by molar-refractivity contribution is 5.71. The van der Waals surface area contributed by atoms with Gasteiger partial charge >= 0.3 is 17.9 Å². The van der Waals surface area contributed by atoms with Gasteiger partial charge in [-0.2, -0.15) is 0 Å². The van der Waals surface area contributed by atoms with Crippen molar-refractivity contribution in [1.82, 2.24) is 0 Å². The topological polar surface area (TPSA) is 78.9 Å². The number of rotatable bonds is 71. The molecular formula is C75H146O6. The van der Waals surface area contributed by atoms with E-state index in [0.717, 1.165) is 57.8 Å². The minimum Gasteiger partial charge on any atom is -0.462 e. The van der Waals surface area contributed by atoms with Crippen LogP contribution in [0.1, 0.15) is 445 Å². The van der Waals surface area contributed by atoms with E-state index >= 15 is 0 Å². The van der Waals surface area contributed by atoms with E-state index in [1.807, 2.05) is 0 Å². The van der Waals surface area contributed by atoms with E-state index in [1.165, 1.54) is 347 Å². The van der Waals surface area contributed by atoms with E-state index in [1.54, 1.807) is 0 Å². The number of esters is 3. The standard InChI is InChI=1S/C75H146O6/c1-4-7-10-13-16-18-20-22-24-26-28-30-32-33-34-35-36-37-38-39-40-41-42-43-44-46-47-49-51-53-55-57-59-62-65-68-74(77)80-71-72(70-79-73(76)67-64-61-15-12-9-6-3)81-75(78)69-66-63-60-58-56-54-52-50-48-45-31-29-27-25-23-21-19-17-14-11-8-5-2/h72H,4-71H2,1-3H3. The number of carbonyl (C=O) groups is 3. The molecule has 0 aliphatic heterocycles. The van der Waals surface area contributed by atoms with Gasteiger partial charge in [0.2, 0.25) is 0 Å². The molecule has 0 radical (unpaired) electrons.